The molecule has 2 atom stereocenters. The van der Waals surface area contributed by atoms with E-state index in [1.54, 1.807) is 25.1 Å². The van der Waals surface area contributed by atoms with Crippen LogP contribution in [-0.2, 0) is 25.1 Å². The van der Waals surface area contributed by atoms with Gasteiger partial charge in [-0.3, -0.25) is 4.79 Å². The van der Waals surface area contributed by atoms with Crippen molar-refractivity contribution in [1.82, 2.24) is 9.88 Å². The molecule has 3 aromatic carbocycles. The highest BCUT2D eigenvalue weighted by molar-refractivity contribution is 8.14. The van der Waals surface area contributed by atoms with Crippen molar-refractivity contribution in [3.8, 4) is 28.0 Å². The molecule has 1 fully saturated rings. The Morgan fingerprint density at radius 3 is 2.00 bits per heavy atom. The number of hydrogen-bond acceptors (Lipinski definition) is 5. The fraction of sp³-hybridized carbons (Fsp3) is 0.265. The van der Waals surface area contributed by atoms with Crippen LogP contribution >= 0.6 is 11.8 Å². The molecule has 0 aliphatic carbocycles. The number of aromatic carboxylic acids is 1. The Kier molecular flexibility index (Phi) is 9.64. The van der Waals surface area contributed by atoms with Crippen LogP contribution in [-0.4, -0.2) is 39.4 Å². The Bertz CT molecular complexity index is 1940. The number of carbonyl (C=O) groups is 2. The fourth-order valence-corrected chi connectivity index (χ4v) is 6.90. The number of alkyl halides is 9. The summed E-state index contributed by atoms with van der Waals surface area (Å²) in [6.45, 7) is 2.45. The lowest BCUT2D eigenvalue weighted by Gasteiger charge is -2.26. The molecule has 2 unspecified atom stereocenters. The lowest BCUT2D eigenvalue weighted by atomic mass is 9.93. The van der Waals surface area contributed by atoms with Crippen LogP contribution < -0.4 is 4.74 Å². The first-order valence-electron chi connectivity index (χ1n) is 14.6. The van der Waals surface area contributed by atoms with Crippen LogP contribution in [0.4, 0.5) is 44.3 Å². The van der Waals surface area contributed by atoms with Gasteiger partial charge in [0, 0.05) is 17.2 Å². The summed E-state index contributed by atoms with van der Waals surface area (Å²) in [5.74, 6) is -0.941. The van der Waals surface area contributed by atoms with E-state index in [1.165, 1.54) is 32.2 Å². The summed E-state index contributed by atoms with van der Waals surface area (Å²) in [4.78, 5) is 29.6. The standard InChI is InChI=1S/C34H25F9N2O4S/c1-16-10-19(30(46)47)4-6-23(16)18-5-8-27(49-3)25(13-18)24-7-9-28(34(41,42)43)44-26(24)15-45-17(2)29(50-31(45)48)20-11-21(32(35,36)37)14-22(12-20)33(38,39)40/h4-14,17,29H,15H2,1-3H3,(H,46,47). The molecule has 264 valence electrons. The maximum absolute atomic E-state index is 13.9. The molecule has 0 radical (unpaired) electrons. The van der Waals surface area contributed by atoms with Gasteiger partial charge in [0.1, 0.15) is 11.4 Å². The molecule has 50 heavy (non-hydrogen) atoms. The van der Waals surface area contributed by atoms with Crippen LogP contribution in [0.1, 0.15) is 56.2 Å². The number of rotatable bonds is 7. The minimum atomic E-state index is -5.13. The van der Waals surface area contributed by atoms with Crippen molar-refractivity contribution in [2.75, 3.05) is 7.11 Å². The summed E-state index contributed by atoms with van der Waals surface area (Å²) in [5, 5.41) is 7.30. The van der Waals surface area contributed by atoms with Crippen molar-refractivity contribution < 1.29 is 58.9 Å². The number of pyridine rings is 1. The quantitative estimate of drug-likeness (QED) is 0.191. The Balaban J connectivity index is 1.59. The summed E-state index contributed by atoms with van der Waals surface area (Å²) >= 11 is 0.452. The summed E-state index contributed by atoms with van der Waals surface area (Å²) in [6.07, 6.45) is -15.2. The van der Waals surface area contributed by atoms with E-state index in [0.717, 1.165) is 17.0 Å². The van der Waals surface area contributed by atoms with Crippen LogP contribution in [0.15, 0.2) is 66.7 Å². The van der Waals surface area contributed by atoms with Crippen molar-refractivity contribution in [2.45, 2.75) is 50.2 Å². The molecule has 2 heterocycles. The summed E-state index contributed by atoms with van der Waals surface area (Å²) in [7, 11) is 1.32. The second kappa shape index (κ2) is 13.2. The zero-order valence-corrected chi connectivity index (χ0v) is 26.9. The molecule has 0 spiro atoms. The number of nitrogens with zero attached hydrogens (tertiary/aromatic N) is 2. The first kappa shape index (κ1) is 36.5. The van der Waals surface area contributed by atoms with Crippen molar-refractivity contribution >= 4 is 23.0 Å². The van der Waals surface area contributed by atoms with Crippen molar-refractivity contribution in [3.63, 3.8) is 0 Å². The second-order valence-electron chi connectivity index (χ2n) is 11.5. The minimum absolute atomic E-state index is 0.0320. The highest BCUT2D eigenvalue weighted by atomic mass is 32.2. The number of carbonyl (C=O) groups excluding carboxylic acids is 1. The number of amides is 1. The van der Waals surface area contributed by atoms with Gasteiger partial charge in [0.2, 0.25) is 0 Å². The highest BCUT2D eigenvalue weighted by Gasteiger charge is 2.43. The molecule has 1 saturated heterocycles. The van der Waals surface area contributed by atoms with E-state index in [1.807, 2.05) is 0 Å². The number of hydrogen-bond donors (Lipinski definition) is 1. The van der Waals surface area contributed by atoms with Gasteiger partial charge in [-0.2, -0.15) is 39.5 Å². The lowest BCUT2D eigenvalue weighted by Crippen LogP contribution is -2.32. The number of halogens is 9. The fourth-order valence-electron chi connectivity index (χ4n) is 5.70. The lowest BCUT2D eigenvalue weighted by molar-refractivity contribution is -0.143. The Labute approximate surface area is 282 Å². The summed E-state index contributed by atoms with van der Waals surface area (Å²) < 4.78 is 129. The molecular weight excluding hydrogens is 703 g/mol. The molecule has 4 aromatic rings. The van der Waals surface area contributed by atoms with E-state index in [-0.39, 0.29) is 34.2 Å². The summed E-state index contributed by atoms with van der Waals surface area (Å²) in [6, 6.07) is 11.0. The topological polar surface area (TPSA) is 79.7 Å². The molecule has 0 saturated carbocycles. The Morgan fingerprint density at radius 2 is 1.46 bits per heavy atom. The monoisotopic (exact) mass is 728 g/mol. The minimum Gasteiger partial charge on any atom is -0.496 e. The smallest absolute Gasteiger partial charge is 0.433 e. The molecule has 1 aliphatic heterocycles. The number of carboxylic acid groups (broad SMARTS) is 1. The van der Waals surface area contributed by atoms with Gasteiger partial charge in [-0.05, 0) is 84.6 Å². The molecular formula is C34H25F9N2O4S. The first-order chi connectivity index (χ1) is 23.2. The van der Waals surface area contributed by atoms with Gasteiger partial charge >= 0.3 is 24.5 Å². The van der Waals surface area contributed by atoms with Crippen molar-refractivity contribution in [2.24, 2.45) is 0 Å². The number of aryl methyl sites for hydroxylation is 1. The van der Waals surface area contributed by atoms with Crippen LogP contribution in [0.5, 0.6) is 5.75 Å². The van der Waals surface area contributed by atoms with Gasteiger partial charge in [0.25, 0.3) is 5.24 Å². The summed E-state index contributed by atoms with van der Waals surface area (Å²) in [5.41, 5.74) is -3.04. The maximum atomic E-state index is 13.9. The predicted octanol–water partition coefficient (Wildman–Crippen LogP) is 10.3. The Hall–Kier alpha value is -4.73. The number of benzene rings is 3. The van der Waals surface area contributed by atoms with Gasteiger partial charge in [0.05, 0.1) is 41.3 Å². The van der Waals surface area contributed by atoms with Gasteiger partial charge in [-0.1, -0.05) is 30.0 Å². The van der Waals surface area contributed by atoms with Gasteiger partial charge < -0.3 is 14.7 Å². The van der Waals surface area contributed by atoms with Crippen molar-refractivity contribution in [1.29, 1.82) is 0 Å². The number of carboxylic acids is 1. The average molecular weight is 729 g/mol. The Morgan fingerprint density at radius 1 is 0.840 bits per heavy atom. The SMILES string of the molecule is COc1ccc(-c2ccc(C(=O)O)cc2C)cc1-c1ccc(C(F)(F)F)nc1CN1C(=O)SC(c2cc(C(F)(F)F)cc(C(F)(F)F)c2)C1C. The molecule has 6 nitrogen and oxygen atoms in total. The zero-order valence-electron chi connectivity index (χ0n) is 26.1. The van der Waals surface area contributed by atoms with E-state index < -0.39 is 70.0 Å². The van der Waals surface area contributed by atoms with Crippen LogP contribution in [0.2, 0.25) is 0 Å². The van der Waals surface area contributed by atoms with E-state index in [4.69, 9.17) is 4.74 Å². The third-order valence-corrected chi connectivity index (χ3v) is 9.55. The third-order valence-electron chi connectivity index (χ3n) is 8.19. The van der Waals surface area contributed by atoms with E-state index in [2.05, 4.69) is 4.98 Å². The predicted molar refractivity (Wildman–Crippen MR) is 166 cm³/mol. The molecule has 1 N–H and O–H groups in total. The van der Waals surface area contributed by atoms with Crippen LogP contribution in [0.3, 0.4) is 0 Å². The average Bonchev–Trinajstić information content (AvgIpc) is 3.31. The van der Waals surface area contributed by atoms with E-state index in [9.17, 15) is 54.2 Å². The normalized spacial score (nSPS) is 17.0. The molecule has 1 aliphatic rings. The van der Waals surface area contributed by atoms with Crippen molar-refractivity contribution in [3.05, 3.63) is 106 Å². The van der Waals surface area contributed by atoms with Gasteiger partial charge in [-0.25, -0.2) is 9.78 Å². The molecule has 1 aromatic heterocycles. The first-order valence-corrected chi connectivity index (χ1v) is 15.4. The largest absolute Gasteiger partial charge is 0.496 e. The van der Waals surface area contributed by atoms with Gasteiger partial charge in [0.15, 0.2) is 0 Å². The van der Waals surface area contributed by atoms with Crippen LogP contribution in [0, 0.1) is 6.92 Å². The molecule has 1 amide bonds. The number of thioether (sulfide) groups is 1. The maximum Gasteiger partial charge on any atom is 0.433 e. The van der Waals surface area contributed by atoms with E-state index >= 15 is 0 Å². The highest BCUT2D eigenvalue weighted by Crippen LogP contribution is 2.48. The number of aromatic nitrogens is 1. The molecule has 0 bridgehead atoms. The zero-order chi connectivity index (χ0) is 36.9. The third kappa shape index (κ3) is 7.39. The second-order valence-corrected chi connectivity index (χ2v) is 12.5. The van der Waals surface area contributed by atoms with Gasteiger partial charge in [-0.15, -0.1) is 0 Å². The molecule has 16 heteroatoms. The molecule has 5 rings (SSSR count). The van der Waals surface area contributed by atoms with Crippen LogP contribution in [0.25, 0.3) is 22.3 Å². The number of ether oxygens (including phenoxy) is 1. The van der Waals surface area contributed by atoms with E-state index in [0.29, 0.717) is 40.6 Å². The number of methoxy groups -OCH3 is 1.